The molecule has 9 heteroatoms. The van der Waals surface area contributed by atoms with Gasteiger partial charge in [-0.3, -0.25) is 8.42 Å². The van der Waals surface area contributed by atoms with Crippen LogP contribution in [0.2, 0.25) is 0 Å². The van der Waals surface area contributed by atoms with Crippen LogP contribution in [0.4, 0.5) is 11.4 Å². The van der Waals surface area contributed by atoms with Crippen molar-refractivity contribution in [2.24, 2.45) is 0 Å². The molecule has 8 nitrogen and oxygen atoms in total. The minimum atomic E-state index is -5.17. The number of hydrogen-bond acceptors (Lipinski definition) is 6. The highest BCUT2D eigenvalue weighted by atomic mass is 32.3. The molecule has 0 heterocycles. The van der Waals surface area contributed by atoms with E-state index in [4.69, 9.17) is 28.3 Å². The maximum Gasteiger partial charge on any atom is 0.385 e. The van der Waals surface area contributed by atoms with Gasteiger partial charge in [-0.25, -0.2) is 0 Å². The molecule has 2 aromatic carbocycles. The van der Waals surface area contributed by atoms with Gasteiger partial charge in [0.2, 0.25) is 10.8 Å². The van der Waals surface area contributed by atoms with Gasteiger partial charge in [-0.15, -0.1) is 0 Å². The van der Waals surface area contributed by atoms with E-state index in [1.807, 2.05) is 24.3 Å². The van der Waals surface area contributed by atoms with Crippen LogP contribution in [0, 0.1) is 10.8 Å². The zero-order chi connectivity index (χ0) is 33.4. The first kappa shape index (κ1) is 42.1. The summed E-state index contributed by atoms with van der Waals surface area (Å²) in [5, 5.41) is 17.2. The van der Waals surface area contributed by atoms with E-state index in [0.29, 0.717) is 11.4 Å². The highest BCUT2D eigenvalue weighted by Crippen LogP contribution is 2.17. The minimum Gasteiger partial charge on any atom is -0.759 e. The summed E-state index contributed by atoms with van der Waals surface area (Å²) in [7, 11) is -5.17. The van der Waals surface area contributed by atoms with Gasteiger partial charge in [0.25, 0.3) is 0 Å². The third-order valence-electron chi connectivity index (χ3n) is 7.74. The van der Waals surface area contributed by atoms with E-state index in [1.165, 1.54) is 140 Å². The molecule has 0 aliphatic rings. The van der Waals surface area contributed by atoms with Crippen molar-refractivity contribution in [2.45, 2.75) is 155 Å². The molecule has 0 aliphatic heterocycles. The Morgan fingerprint density at radius 1 is 0.467 bits per heavy atom. The van der Waals surface area contributed by atoms with Crippen molar-refractivity contribution in [3.63, 3.8) is 0 Å². The van der Waals surface area contributed by atoms with E-state index in [-0.39, 0.29) is 0 Å². The maximum absolute atomic E-state index is 8.62. The topological polar surface area (TPSA) is 137 Å². The van der Waals surface area contributed by atoms with E-state index >= 15 is 0 Å². The first-order valence-corrected chi connectivity index (χ1v) is 18.6. The third-order valence-corrected chi connectivity index (χ3v) is 7.74. The quantitative estimate of drug-likeness (QED) is 0.0542. The average Bonchev–Trinajstić information content (AvgIpc) is 3.03. The molecule has 45 heavy (non-hydrogen) atoms. The van der Waals surface area contributed by atoms with Crippen molar-refractivity contribution < 1.29 is 17.5 Å². The van der Waals surface area contributed by atoms with Crippen molar-refractivity contribution >= 4 is 21.8 Å². The zero-order valence-corrected chi connectivity index (χ0v) is 28.8. The molecular formula is C36H58N4O4S. The lowest BCUT2D eigenvalue weighted by atomic mass is 10.0. The SMILES string of the molecule is CCCCCCCCCCCCc1ccc([N+]#N)cc1.CCCCCCCCCCCCc1ccc([N+]#N)cc1.O=S(=O)([O-])[O-]. The highest BCUT2D eigenvalue weighted by Gasteiger charge is 2.03. The van der Waals surface area contributed by atoms with E-state index in [9.17, 15) is 0 Å². The molecule has 0 bridgehead atoms. The molecule has 0 aromatic heterocycles. The molecule has 0 radical (unpaired) electrons. The van der Waals surface area contributed by atoms with Crippen molar-refractivity contribution in [1.29, 1.82) is 10.8 Å². The number of diazo groups is 2. The van der Waals surface area contributed by atoms with Crippen LogP contribution < -0.4 is 0 Å². The second-order valence-electron chi connectivity index (χ2n) is 11.8. The molecule has 0 unspecified atom stereocenters. The van der Waals surface area contributed by atoms with E-state index < -0.39 is 10.4 Å². The number of hydrogen-bond donors (Lipinski definition) is 0. The predicted molar refractivity (Wildman–Crippen MR) is 184 cm³/mol. The number of nitrogens with zero attached hydrogens (tertiary/aromatic N) is 4. The van der Waals surface area contributed by atoms with Gasteiger partial charge in [0.1, 0.15) is 0 Å². The minimum absolute atomic E-state index is 0.636. The standard InChI is InChI=1S/2C18H29N2.H2O4S/c2*1-2-3-4-5-6-7-8-9-10-11-12-17-13-15-18(20-19)16-14-17;1-5(2,3)4/h2*13-16H,2-12H2,1H3;(H2,1,2,3,4)/q2*+1;/p-2. The molecule has 2 aromatic rings. The summed E-state index contributed by atoms with van der Waals surface area (Å²) < 4.78 is 34.1. The fraction of sp³-hybridized carbons (Fsp3) is 0.667. The lowest BCUT2D eigenvalue weighted by Crippen LogP contribution is -1.91. The second-order valence-corrected chi connectivity index (χ2v) is 12.6. The van der Waals surface area contributed by atoms with Crippen LogP contribution in [0.15, 0.2) is 48.5 Å². The van der Waals surface area contributed by atoms with Crippen LogP contribution in [-0.4, -0.2) is 17.5 Å². The monoisotopic (exact) mass is 642 g/mol. The van der Waals surface area contributed by atoms with Crippen LogP contribution in [0.5, 0.6) is 0 Å². The first-order chi connectivity index (χ1) is 21.7. The van der Waals surface area contributed by atoms with Crippen LogP contribution in [-0.2, 0) is 23.2 Å². The van der Waals surface area contributed by atoms with Crippen LogP contribution in [0.3, 0.4) is 0 Å². The normalized spacial score (nSPS) is 10.5. The van der Waals surface area contributed by atoms with Gasteiger partial charge >= 0.3 is 11.4 Å². The van der Waals surface area contributed by atoms with E-state index in [0.717, 1.165) is 12.8 Å². The zero-order valence-electron chi connectivity index (χ0n) is 28.0. The van der Waals surface area contributed by atoms with Gasteiger partial charge in [0.05, 0.1) is 0 Å². The molecule has 0 saturated carbocycles. The van der Waals surface area contributed by atoms with Crippen molar-refractivity contribution in [3.05, 3.63) is 69.6 Å². The number of unbranched alkanes of at least 4 members (excludes halogenated alkanes) is 18. The summed E-state index contributed by atoms with van der Waals surface area (Å²) in [4.78, 5) is 6.34. The van der Waals surface area contributed by atoms with Gasteiger partial charge < -0.3 is 9.11 Å². The van der Waals surface area contributed by atoms with Crippen LogP contribution in [0.1, 0.15) is 153 Å². The van der Waals surface area contributed by atoms with Gasteiger partial charge in [0, 0.05) is 34.7 Å². The van der Waals surface area contributed by atoms with Crippen molar-refractivity contribution in [2.75, 3.05) is 0 Å². The van der Waals surface area contributed by atoms with Crippen molar-refractivity contribution in [1.82, 2.24) is 0 Å². The lowest BCUT2D eigenvalue weighted by Gasteiger charge is -2.06. The van der Waals surface area contributed by atoms with Crippen LogP contribution >= 0.6 is 0 Å². The molecule has 2 rings (SSSR count). The number of benzene rings is 2. The lowest BCUT2D eigenvalue weighted by molar-refractivity contribution is 0.352. The fourth-order valence-electron chi connectivity index (χ4n) is 5.09. The summed E-state index contributed by atoms with van der Waals surface area (Å²) in [6.45, 7) is 4.54. The molecular weight excluding hydrogens is 584 g/mol. The number of aryl methyl sites for hydroxylation is 2. The summed E-state index contributed by atoms with van der Waals surface area (Å²) in [5.74, 6) is 0. The highest BCUT2D eigenvalue weighted by molar-refractivity contribution is 7.79. The Bertz CT molecular complexity index is 1060. The fourth-order valence-corrected chi connectivity index (χ4v) is 5.09. The van der Waals surface area contributed by atoms with Gasteiger partial charge in [-0.1, -0.05) is 154 Å². The van der Waals surface area contributed by atoms with Gasteiger partial charge in [0.15, 0.2) is 9.95 Å². The molecule has 0 fully saturated rings. The van der Waals surface area contributed by atoms with E-state index in [2.05, 4.69) is 48.1 Å². The Kier molecular flexibility index (Phi) is 27.9. The van der Waals surface area contributed by atoms with Gasteiger partial charge in [-0.05, 0) is 36.8 Å². The molecule has 0 atom stereocenters. The maximum atomic E-state index is 8.62. The Hall–Kier alpha value is -2.85. The van der Waals surface area contributed by atoms with Crippen LogP contribution in [0.25, 0.3) is 9.95 Å². The van der Waals surface area contributed by atoms with Crippen molar-refractivity contribution in [3.8, 4) is 0 Å². The average molecular weight is 643 g/mol. The summed E-state index contributed by atoms with van der Waals surface area (Å²) in [6.07, 6.45) is 29.9. The third kappa shape index (κ3) is 30.9. The molecule has 0 saturated heterocycles. The summed E-state index contributed by atoms with van der Waals surface area (Å²) >= 11 is 0. The van der Waals surface area contributed by atoms with E-state index in [1.54, 1.807) is 0 Å². The largest absolute Gasteiger partial charge is 0.759 e. The first-order valence-electron chi connectivity index (χ1n) is 17.3. The molecule has 0 amide bonds. The van der Waals surface area contributed by atoms with Gasteiger partial charge in [-0.2, -0.15) is 0 Å². The molecule has 0 aliphatic carbocycles. The number of rotatable bonds is 22. The Morgan fingerprint density at radius 2 is 0.689 bits per heavy atom. The molecule has 252 valence electrons. The predicted octanol–water partition coefficient (Wildman–Crippen LogP) is 11.9. The Labute approximate surface area is 274 Å². The molecule has 0 spiro atoms. The summed E-state index contributed by atoms with van der Waals surface area (Å²) in [5.41, 5.74) is 3.96. The smallest absolute Gasteiger partial charge is 0.385 e. The molecule has 0 N–H and O–H groups in total. The second kappa shape index (κ2) is 29.8. The Balaban J connectivity index is 0.000000748. The Morgan fingerprint density at radius 3 is 0.911 bits per heavy atom. The summed E-state index contributed by atoms with van der Waals surface area (Å²) in [6, 6.07) is 15.7.